The monoisotopic (exact) mass is 496 g/mol. The normalized spacial score (nSPS) is 37.8. The molecule has 10 atom stereocenters. The molecule has 2 aromatic rings. The number of H-pyrrole nitrogens is 1. The molecule has 8 N–H and O–H groups in total. The number of aromatic amines is 1. The summed E-state index contributed by atoms with van der Waals surface area (Å²) >= 11 is 0. The largest absolute Gasteiger partial charge is 0.461 e. The lowest BCUT2D eigenvalue weighted by atomic mass is 9.98. The highest BCUT2D eigenvalue weighted by atomic mass is 16.7. The minimum absolute atomic E-state index is 0.103. The van der Waals surface area contributed by atoms with Gasteiger partial charge in [0.15, 0.2) is 6.29 Å². The van der Waals surface area contributed by atoms with E-state index in [1.165, 1.54) is 0 Å². The molecule has 0 saturated carbocycles. The Labute approximate surface area is 199 Å². The molecular weight excluding hydrogens is 468 g/mol. The molecule has 1 aromatic carbocycles. The smallest absolute Gasteiger partial charge is 0.229 e. The van der Waals surface area contributed by atoms with Gasteiger partial charge in [-0.2, -0.15) is 5.26 Å². The van der Waals surface area contributed by atoms with Crippen LogP contribution in [0.15, 0.2) is 24.4 Å². The maximum Gasteiger partial charge on any atom is 0.229 e. The molecule has 1 aromatic heterocycles. The number of nitriles is 1. The molecule has 2 aliphatic heterocycles. The number of nitrogens with zero attached hydrogens (tertiary/aromatic N) is 1. The fourth-order valence-corrected chi connectivity index (χ4v) is 4.21. The van der Waals surface area contributed by atoms with Crippen LogP contribution < -0.4 is 4.74 Å². The SMILES string of the molecule is N#CCc1c[nH]c2cccc(O[C@@H]3O[C@H](CO[C@@H]4O[C@H](CO)[C@@H](O)[C@H](O)[C@H]4O)[C@@H](O)[C@H](O)[C@H]3O)c12. The third kappa shape index (κ3) is 4.99. The molecule has 0 spiro atoms. The molecule has 192 valence electrons. The van der Waals surface area contributed by atoms with E-state index in [4.69, 9.17) is 24.2 Å². The number of hydrogen-bond acceptors (Lipinski definition) is 12. The zero-order valence-corrected chi connectivity index (χ0v) is 18.4. The maximum atomic E-state index is 10.5. The van der Waals surface area contributed by atoms with Gasteiger partial charge in [0, 0.05) is 17.1 Å². The Balaban J connectivity index is 1.48. The van der Waals surface area contributed by atoms with Crippen molar-refractivity contribution in [3.8, 4) is 11.8 Å². The Bertz CT molecular complexity index is 1040. The van der Waals surface area contributed by atoms with Crippen LogP contribution in [0.5, 0.6) is 5.75 Å². The quantitative estimate of drug-likeness (QED) is 0.195. The van der Waals surface area contributed by atoms with Crippen molar-refractivity contribution in [2.24, 2.45) is 0 Å². The van der Waals surface area contributed by atoms with Crippen LogP contribution in [0.4, 0.5) is 0 Å². The lowest BCUT2D eigenvalue weighted by molar-refractivity contribution is -0.323. The van der Waals surface area contributed by atoms with Crippen LogP contribution in [0, 0.1) is 11.3 Å². The second-order valence-corrected chi connectivity index (χ2v) is 8.49. The highest BCUT2D eigenvalue weighted by Gasteiger charge is 2.48. The van der Waals surface area contributed by atoms with Crippen molar-refractivity contribution in [1.29, 1.82) is 5.26 Å². The van der Waals surface area contributed by atoms with E-state index in [1.54, 1.807) is 24.4 Å². The summed E-state index contributed by atoms with van der Waals surface area (Å²) in [5, 5.41) is 80.1. The number of hydrogen-bond donors (Lipinski definition) is 8. The first-order valence-corrected chi connectivity index (χ1v) is 11.0. The molecule has 2 aliphatic rings. The summed E-state index contributed by atoms with van der Waals surface area (Å²) in [5.41, 5.74) is 1.34. The molecule has 0 unspecified atom stereocenters. The molecule has 2 fully saturated rings. The fraction of sp³-hybridized carbons (Fsp3) is 0.591. The molecule has 0 amide bonds. The van der Waals surface area contributed by atoms with Gasteiger partial charge in [-0.1, -0.05) is 6.07 Å². The van der Waals surface area contributed by atoms with Gasteiger partial charge in [0.1, 0.15) is 54.6 Å². The average molecular weight is 496 g/mol. The van der Waals surface area contributed by atoms with Crippen molar-refractivity contribution in [3.63, 3.8) is 0 Å². The predicted molar refractivity (Wildman–Crippen MR) is 115 cm³/mol. The third-order valence-corrected chi connectivity index (χ3v) is 6.20. The lowest BCUT2D eigenvalue weighted by Crippen LogP contribution is -2.62. The van der Waals surface area contributed by atoms with E-state index in [9.17, 15) is 35.7 Å². The van der Waals surface area contributed by atoms with E-state index in [1.807, 2.05) is 0 Å². The number of nitrogens with one attached hydrogen (secondary N) is 1. The second kappa shape index (κ2) is 10.7. The fourth-order valence-electron chi connectivity index (χ4n) is 4.21. The number of aromatic nitrogens is 1. The summed E-state index contributed by atoms with van der Waals surface area (Å²) in [6.07, 6.45) is -13.4. The van der Waals surface area contributed by atoms with Gasteiger partial charge >= 0.3 is 0 Å². The van der Waals surface area contributed by atoms with E-state index >= 15 is 0 Å². The van der Waals surface area contributed by atoms with E-state index in [0.717, 1.165) is 0 Å². The summed E-state index contributed by atoms with van der Waals surface area (Å²) < 4.78 is 22.2. The van der Waals surface area contributed by atoms with Gasteiger partial charge in [-0.3, -0.25) is 0 Å². The molecule has 4 rings (SSSR count). The Hall–Kier alpha value is -2.35. The maximum absolute atomic E-state index is 10.5. The van der Waals surface area contributed by atoms with Crippen molar-refractivity contribution in [3.05, 3.63) is 30.0 Å². The van der Waals surface area contributed by atoms with Crippen molar-refractivity contribution < 1.29 is 54.7 Å². The molecule has 0 aliphatic carbocycles. The average Bonchev–Trinajstić information content (AvgIpc) is 3.27. The minimum Gasteiger partial charge on any atom is -0.461 e. The Morgan fingerprint density at radius 2 is 1.54 bits per heavy atom. The number of aliphatic hydroxyl groups is 7. The second-order valence-electron chi connectivity index (χ2n) is 8.49. The van der Waals surface area contributed by atoms with Crippen LogP contribution in [-0.4, -0.2) is 115 Å². The zero-order valence-electron chi connectivity index (χ0n) is 18.4. The van der Waals surface area contributed by atoms with Crippen LogP contribution in [-0.2, 0) is 20.6 Å². The van der Waals surface area contributed by atoms with Crippen molar-refractivity contribution in [1.82, 2.24) is 4.98 Å². The van der Waals surface area contributed by atoms with Crippen LogP contribution in [0.1, 0.15) is 5.56 Å². The molecule has 0 radical (unpaired) electrons. The van der Waals surface area contributed by atoms with E-state index < -0.39 is 74.6 Å². The Kier molecular flexibility index (Phi) is 7.89. The standard InChI is InChI=1S/C22H28N2O11/c23-5-4-9-6-24-10-2-1-3-11(14(9)10)33-22-20(31)18(29)16(27)13(35-22)8-32-21-19(30)17(28)15(26)12(7-25)34-21/h1-3,6,12-13,15-22,24-31H,4,7-8H2/t12-,13-,15-,16-,17+,18+,19-,20-,21-,22-/m1/s1. The first-order valence-electron chi connectivity index (χ1n) is 11.0. The predicted octanol–water partition coefficient (Wildman–Crippen LogP) is -2.76. The first kappa shape index (κ1) is 25.7. The van der Waals surface area contributed by atoms with Gasteiger partial charge in [0.25, 0.3) is 0 Å². The molecular formula is C22H28N2O11. The van der Waals surface area contributed by atoms with Gasteiger partial charge in [-0.05, 0) is 17.7 Å². The zero-order chi connectivity index (χ0) is 25.3. The Morgan fingerprint density at radius 3 is 2.23 bits per heavy atom. The van der Waals surface area contributed by atoms with E-state index in [0.29, 0.717) is 16.5 Å². The molecule has 0 bridgehead atoms. The Morgan fingerprint density at radius 1 is 0.886 bits per heavy atom. The highest BCUT2D eigenvalue weighted by Crippen LogP contribution is 2.32. The van der Waals surface area contributed by atoms with Crippen molar-refractivity contribution in [2.75, 3.05) is 13.2 Å². The number of benzene rings is 1. The van der Waals surface area contributed by atoms with Crippen molar-refractivity contribution in [2.45, 2.75) is 67.8 Å². The molecule has 35 heavy (non-hydrogen) atoms. The van der Waals surface area contributed by atoms with Gasteiger partial charge in [-0.15, -0.1) is 0 Å². The van der Waals surface area contributed by atoms with E-state index in [-0.39, 0.29) is 12.2 Å². The van der Waals surface area contributed by atoms with Crippen LogP contribution in [0.3, 0.4) is 0 Å². The number of fused-ring (bicyclic) bond motifs is 1. The molecule has 13 heteroatoms. The van der Waals surface area contributed by atoms with Crippen molar-refractivity contribution >= 4 is 10.9 Å². The first-order chi connectivity index (χ1) is 16.8. The topological polar surface area (TPSA) is 218 Å². The third-order valence-electron chi connectivity index (χ3n) is 6.20. The highest BCUT2D eigenvalue weighted by molar-refractivity contribution is 5.89. The van der Waals surface area contributed by atoms with Gasteiger partial charge in [0.05, 0.1) is 25.7 Å². The van der Waals surface area contributed by atoms with Gasteiger partial charge < -0.3 is 59.7 Å². The summed E-state index contributed by atoms with van der Waals surface area (Å²) in [7, 11) is 0. The van der Waals surface area contributed by atoms with Gasteiger partial charge in [-0.25, -0.2) is 0 Å². The molecule has 2 saturated heterocycles. The van der Waals surface area contributed by atoms with Crippen LogP contribution >= 0.6 is 0 Å². The summed E-state index contributed by atoms with van der Waals surface area (Å²) in [4.78, 5) is 3.02. The minimum atomic E-state index is -1.68. The summed E-state index contributed by atoms with van der Waals surface area (Å²) in [6, 6.07) is 7.12. The number of aliphatic hydroxyl groups excluding tert-OH is 7. The lowest BCUT2D eigenvalue weighted by Gasteiger charge is -2.42. The number of rotatable bonds is 7. The van der Waals surface area contributed by atoms with E-state index in [2.05, 4.69) is 11.1 Å². The van der Waals surface area contributed by atoms with Crippen LogP contribution in [0.2, 0.25) is 0 Å². The summed E-state index contributed by atoms with van der Waals surface area (Å²) in [5.74, 6) is 0.273. The van der Waals surface area contributed by atoms with Gasteiger partial charge in [0.2, 0.25) is 6.29 Å². The van der Waals surface area contributed by atoms with Crippen LogP contribution in [0.25, 0.3) is 10.9 Å². The molecule has 13 nitrogen and oxygen atoms in total. The molecule has 3 heterocycles. The number of ether oxygens (including phenoxy) is 4. The summed E-state index contributed by atoms with van der Waals surface area (Å²) in [6.45, 7) is -1.12.